The smallest absolute Gasteiger partial charge is 0.131 e. The number of hydrogen-bond acceptors (Lipinski definition) is 2. The molecule has 2 N–H and O–H groups in total. The third kappa shape index (κ3) is 2.58. The lowest BCUT2D eigenvalue weighted by Gasteiger charge is -2.12. The number of nitrogens with two attached hydrogens (primary N) is 1. The molecule has 2 nitrogen and oxygen atoms in total. The summed E-state index contributed by atoms with van der Waals surface area (Å²) in [5.74, 6) is -0.258. The zero-order valence-electron chi connectivity index (χ0n) is 10.8. The normalized spacial score (nSPS) is 10.6. The molecule has 0 amide bonds. The standard InChI is InChI=1S/C15H15F2NO/c1-9-5-15(17)13(7-14(9)16)12-4-3-11(19-2)6-10(12)8-18/h3-7H,8,18H2,1-2H3. The van der Waals surface area contributed by atoms with Crippen LogP contribution in [0.4, 0.5) is 8.78 Å². The molecule has 0 atom stereocenters. The summed E-state index contributed by atoms with van der Waals surface area (Å²) in [6.07, 6.45) is 0. The van der Waals surface area contributed by atoms with Gasteiger partial charge in [0.2, 0.25) is 0 Å². The number of halogens is 2. The van der Waals surface area contributed by atoms with Crippen molar-refractivity contribution in [2.24, 2.45) is 5.73 Å². The van der Waals surface area contributed by atoms with E-state index in [-0.39, 0.29) is 17.7 Å². The van der Waals surface area contributed by atoms with Crippen LogP contribution in [0.1, 0.15) is 11.1 Å². The van der Waals surface area contributed by atoms with Gasteiger partial charge < -0.3 is 10.5 Å². The lowest BCUT2D eigenvalue weighted by atomic mass is 9.97. The zero-order valence-corrected chi connectivity index (χ0v) is 10.8. The van der Waals surface area contributed by atoms with E-state index in [4.69, 9.17) is 10.5 Å². The van der Waals surface area contributed by atoms with Gasteiger partial charge >= 0.3 is 0 Å². The van der Waals surface area contributed by atoms with Gasteiger partial charge in [0.1, 0.15) is 17.4 Å². The number of hydrogen-bond donors (Lipinski definition) is 1. The van der Waals surface area contributed by atoms with Crippen molar-refractivity contribution < 1.29 is 13.5 Å². The van der Waals surface area contributed by atoms with Crippen molar-refractivity contribution >= 4 is 0 Å². The molecule has 0 unspecified atom stereocenters. The van der Waals surface area contributed by atoms with Crippen LogP contribution in [0, 0.1) is 18.6 Å². The van der Waals surface area contributed by atoms with E-state index < -0.39 is 11.6 Å². The lowest BCUT2D eigenvalue weighted by Crippen LogP contribution is -2.01. The highest BCUT2D eigenvalue weighted by Gasteiger charge is 2.13. The average Bonchev–Trinajstić information content (AvgIpc) is 2.42. The summed E-state index contributed by atoms with van der Waals surface area (Å²) >= 11 is 0. The average molecular weight is 263 g/mol. The molecular weight excluding hydrogens is 248 g/mol. The van der Waals surface area contributed by atoms with Crippen molar-refractivity contribution in [2.45, 2.75) is 13.5 Å². The maximum Gasteiger partial charge on any atom is 0.131 e. The summed E-state index contributed by atoms with van der Waals surface area (Å²) in [5, 5.41) is 0. The summed E-state index contributed by atoms with van der Waals surface area (Å²) in [5.41, 5.74) is 7.45. The third-order valence-electron chi connectivity index (χ3n) is 3.07. The number of aryl methyl sites for hydroxylation is 1. The predicted molar refractivity (Wildman–Crippen MR) is 71.0 cm³/mol. The monoisotopic (exact) mass is 263 g/mol. The molecule has 4 heteroatoms. The molecule has 0 aliphatic heterocycles. The minimum atomic E-state index is -0.459. The molecule has 0 spiro atoms. The van der Waals surface area contributed by atoms with Gasteiger partial charge in [0.25, 0.3) is 0 Å². The largest absolute Gasteiger partial charge is 0.497 e. The molecule has 0 fully saturated rings. The number of benzene rings is 2. The molecule has 2 rings (SSSR count). The quantitative estimate of drug-likeness (QED) is 0.921. The van der Waals surface area contributed by atoms with Gasteiger partial charge in [0.05, 0.1) is 7.11 Å². The van der Waals surface area contributed by atoms with Crippen molar-refractivity contribution in [3.8, 4) is 16.9 Å². The van der Waals surface area contributed by atoms with Gasteiger partial charge in [0.15, 0.2) is 0 Å². The van der Waals surface area contributed by atoms with Crippen LogP contribution in [0.25, 0.3) is 11.1 Å². The van der Waals surface area contributed by atoms with Gasteiger partial charge in [-0.15, -0.1) is 0 Å². The fraction of sp³-hybridized carbons (Fsp3) is 0.200. The Balaban J connectivity index is 2.61. The Bertz CT molecular complexity index is 611. The Hall–Kier alpha value is -1.94. The first-order chi connectivity index (χ1) is 9.06. The maximum atomic E-state index is 14.0. The number of rotatable bonds is 3. The highest BCUT2D eigenvalue weighted by molar-refractivity contribution is 5.69. The zero-order chi connectivity index (χ0) is 14.0. The van der Waals surface area contributed by atoms with Gasteiger partial charge in [-0.3, -0.25) is 0 Å². The predicted octanol–water partition coefficient (Wildman–Crippen LogP) is 3.41. The van der Waals surface area contributed by atoms with Crippen molar-refractivity contribution in [3.05, 3.63) is 53.1 Å². The molecule has 0 radical (unpaired) electrons. The highest BCUT2D eigenvalue weighted by atomic mass is 19.1. The fourth-order valence-electron chi connectivity index (χ4n) is 1.98. The van der Waals surface area contributed by atoms with E-state index in [1.807, 2.05) is 0 Å². The van der Waals surface area contributed by atoms with Crippen LogP contribution in [0.15, 0.2) is 30.3 Å². The molecule has 0 aliphatic carbocycles. The summed E-state index contributed by atoms with van der Waals surface area (Å²) < 4.78 is 32.7. The van der Waals surface area contributed by atoms with E-state index in [1.54, 1.807) is 25.3 Å². The van der Waals surface area contributed by atoms with Crippen molar-refractivity contribution in [3.63, 3.8) is 0 Å². The van der Waals surface area contributed by atoms with E-state index in [0.717, 1.165) is 0 Å². The molecule has 0 aromatic heterocycles. The van der Waals surface area contributed by atoms with Crippen LogP contribution in [0.3, 0.4) is 0 Å². The Kier molecular flexibility index (Phi) is 3.81. The van der Waals surface area contributed by atoms with Gasteiger partial charge in [-0.25, -0.2) is 8.78 Å². The van der Waals surface area contributed by atoms with Crippen LogP contribution in [0.5, 0.6) is 5.75 Å². The first-order valence-corrected chi connectivity index (χ1v) is 5.89. The van der Waals surface area contributed by atoms with Crippen LogP contribution >= 0.6 is 0 Å². The van der Waals surface area contributed by atoms with E-state index in [2.05, 4.69) is 0 Å². The first-order valence-electron chi connectivity index (χ1n) is 5.89. The SMILES string of the molecule is COc1ccc(-c2cc(F)c(C)cc2F)c(CN)c1. The summed E-state index contributed by atoms with van der Waals surface area (Å²) in [7, 11) is 1.54. The second-order valence-corrected chi connectivity index (χ2v) is 4.31. The molecule has 2 aromatic rings. The molecule has 2 aromatic carbocycles. The lowest BCUT2D eigenvalue weighted by molar-refractivity contribution is 0.414. The second kappa shape index (κ2) is 5.36. The number of methoxy groups -OCH3 is 1. The van der Waals surface area contributed by atoms with Crippen LogP contribution in [-0.4, -0.2) is 7.11 Å². The molecule has 0 saturated heterocycles. The maximum absolute atomic E-state index is 14.0. The highest BCUT2D eigenvalue weighted by Crippen LogP contribution is 2.30. The number of ether oxygens (including phenoxy) is 1. The summed E-state index contributed by atoms with van der Waals surface area (Å²) in [6.45, 7) is 1.75. The Morgan fingerprint density at radius 2 is 1.79 bits per heavy atom. The van der Waals surface area contributed by atoms with E-state index in [1.165, 1.54) is 19.1 Å². The Morgan fingerprint density at radius 1 is 1.05 bits per heavy atom. The van der Waals surface area contributed by atoms with Gasteiger partial charge in [-0.2, -0.15) is 0 Å². The van der Waals surface area contributed by atoms with E-state index >= 15 is 0 Å². The summed E-state index contributed by atoms with van der Waals surface area (Å²) in [6, 6.07) is 7.51. The molecule has 100 valence electrons. The van der Waals surface area contributed by atoms with Crippen molar-refractivity contribution in [1.29, 1.82) is 0 Å². The molecule has 19 heavy (non-hydrogen) atoms. The van der Waals surface area contributed by atoms with E-state index in [0.29, 0.717) is 16.9 Å². The van der Waals surface area contributed by atoms with Crippen LogP contribution < -0.4 is 10.5 Å². The minimum Gasteiger partial charge on any atom is -0.497 e. The van der Waals surface area contributed by atoms with Crippen molar-refractivity contribution in [1.82, 2.24) is 0 Å². The molecule has 0 heterocycles. The molecule has 0 aliphatic rings. The first kappa shape index (κ1) is 13.5. The third-order valence-corrected chi connectivity index (χ3v) is 3.07. The molecule has 0 saturated carbocycles. The fourth-order valence-corrected chi connectivity index (χ4v) is 1.98. The van der Waals surface area contributed by atoms with Gasteiger partial charge in [-0.1, -0.05) is 6.07 Å². The molecule has 0 bridgehead atoms. The van der Waals surface area contributed by atoms with Crippen LogP contribution in [0.2, 0.25) is 0 Å². The van der Waals surface area contributed by atoms with Crippen LogP contribution in [-0.2, 0) is 6.54 Å². The summed E-state index contributed by atoms with van der Waals surface area (Å²) in [4.78, 5) is 0. The van der Waals surface area contributed by atoms with Gasteiger partial charge in [0, 0.05) is 12.1 Å². The molecular formula is C15H15F2NO. The van der Waals surface area contributed by atoms with Crippen molar-refractivity contribution in [2.75, 3.05) is 7.11 Å². The Labute approximate surface area is 110 Å². The minimum absolute atomic E-state index is 0.214. The van der Waals surface area contributed by atoms with Gasteiger partial charge in [-0.05, 0) is 47.9 Å². The second-order valence-electron chi connectivity index (χ2n) is 4.31. The van der Waals surface area contributed by atoms with E-state index in [9.17, 15) is 8.78 Å². The topological polar surface area (TPSA) is 35.2 Å². The Morgan fingerprint density at radius 3 is 2.42 bits per heavy atom.